The first-order chi connectivity index (χ1) is 25.1. The maximum Gasteiger partial charge on any atom is 0.269 e. The van der Waals surface area contributed by atoms with Crippen LogP contribution >= 0.6 is 21.6 Å². The second-order valence-electron chi connectivity index (χ2n) is 10.8. The van der Waals surface area contributed by atoms with E-state index in [1.165, 1.54) is 48.5 Å². The average molecular weight is 741 g/mol. The lowest BCUT2D eigenvalue weighted by Crippen LogP contribution is -2.33. The molecule has 0 saturated heterocycles. The molecule has 0 saturated carbocycles. The van der Waals surface area contributed by atoms with Gasteiger partial charge in [-0.15, -0.1) is 0 Å². The molecule has 0 aromatic heterocycles. The van der Waals surface area contributed by atoms with Gasteiger partial charge in [-0.2, -0.15) is 0 Å². The van der Waals surface area contributed by atoms with E-state index in [1.54, 1.807) is 48.5 Å². The van der Waals surface area contributed by atoms with Gasteiger partial charge in [0.05, 0.1) is 56.6 Å². The Labute approximate surface area is 301 Å². The van der Waals surface area contributed by atoms with Crippen LogP contribution in [-0.2, 0) is 9.47 Å². The SMILES string of the molecule is O=C1c2ccccc2C(=O)N1CCOC(=Nc1ccc([N+](=O)[O-])cc1)SSC(=Nc1ccc([N+](=O)[O-])cc1)OCCN1C(=O)c2ccccc2C1=O. The molecule has 0 spiro atoms. The van der Waals surface area contributed by atoms with Crippen molar-refractivity contribution < 1.29 is 38.5 Å². The van der Waals surface area contributed by atoms with Crippen LogP contribution in [0, 0.1) is 20.2 Å². The first kappa shape index (κ1) is 35.4. The molecule has 0 fully saturated rings. The first-order valence-electron chi connectivity index (χ1n) is 15.3. The van der Waals surface area contributed by atoms with Crippen LogP contribution < -0.4 is 0 Å². The zero-order valence-electron chi connectivity index (χ0n) is 26.6. The lowest BCUT2D eigenvalue weighted by atomic mass is 10.1. The fraction of sp³-hybridized carbons (Fsp3) is 0.118. The molecule has 0 N–H and O–H groups in total. The number of carbonyl (C=O) groups is 4. The van der Waals surface area contributed by atoms with Gasteiger partial charge in [-0.25, -0.2) is 9.98 Å². The normalized spacial score (nSPS) is 14.1. The molecular weight excluding hydrogens is 717 g/mol. The molecule has 16 nitrogen and oxygen atoms in total. The predicted octanol–water partition coefficient (Wildman–Crippen LogP) is 6.19. The summed E-state index contributed by atoms with van der Waals surface area (Å²) >= 11 is 0. The highest BCUT2D eigenvalue weighted by Crippen LogP contribution is 2.32. The minimum absolute atomic E-state index is 0.00388. The van der Waals surface area contributed by atoms with Gasteiger partial charge in [0.2, 0.25) is 0 Å². The minimum Gasteiger partial charge on any atom is -0.470 e. The van der Waals surface area contributed by atoms with E-state index in [4.69, 9.17) is 9.47 Å². The van der Waals surface area contributed by atoms with E-state index in [0.717, 1.165) is 31.4 Å². The van der Waals surface area contributed by atoms with Gasteiger partial charge < -0.3 is 9.47 Å². The monoisotopic (exact) mass is 740 g/mol. The fourth-order valence-electron chi connectivity index (χ4n) is 5.06. The summed E-state index contributed by atoms with van der Waals surface area (Å²) in [5.74, 6) is -1.87. The van der Waals surface area contributed by atoms with Crippen molar-refractivity contribution in [2.45, 2.75) is 0 Å². The van der Waals surface area contributed by atoms with Crippen molar-refractivity contribution in [2.24, 2.45) is 9.98 Å². The van der Waals surface area contributed by atoms with Crippen molar-refractivity contribution in [3.05, 3.63) is 140 Å². The third kappa shape index (κ3) is 7.82. The van der Waals surface area contributed by atoms with Crippen LogP contribution in [0.2, 0.25) is 0 Å². The second-order valence-corrected chi connectivity index (χ2v) is 12.8. The van der Waals surface area contributed by atoms with Crippen molar-refractivity contribution >= 4 is 78.4 Å². The number of hydrogen-bond acceptors (Lipinski definition) is 14. The second kappa shape index (κ2) is 15.7. The molecule has 262 valence electrons. The highest BCUT2D eigenvalue weighted by molar-refractivity contribution is 8.87. The molecule has 4 amide bonds. The average Bonchev–Trinajstić information content (AvgIpc) is 3.54. The Hall–Kier alpha value is -6.40. The molecule has 0 radical (unpaired) electrons. The van der Waals surface area contributed by atoms with E-state index >= 15 is 0 Å². The van der Waals surface area contributed by atoms with E-state index in [9.17, 15) is 39.4 Å². The number of fused-ring (bicyclic) bond motifs is 2. The van der Waals surface area contributed by atoms with Gasteiger partial charge in [0.15, 0.2) is 0 Å². The quantitative estimate of drug-likeness (QED) is 0.0446. The number of non-ortho nitro benzene ring substituents is 2. The lowest BCUT2D eigenvalue weighted by molar-refractivity contribution is -0.385. The Morgan fingerprint density at radius 3 is 1.13 bits per heavy atom. The standard InChI is InChI=1S/C34H24N6O10S2/c41-29-25-5-1-2-6-26(25)30(42)37(29)17-19-49-33(35-21-9-13-23(14-10-21)39(45)46)51-52-34(36-22-11-15-24(16-12-22)40(47)48)50-20-18-38-31(43)27-7-3-4-8-28(27)32(38)44/h1-16H,17-20H2. The van der Waals surface area contributed by atoms with Crippen molar-refractivity contribution in [3.63, 3.8) is 0 Å². The van der Waals surface area contributed by atoms with Gasteiger partial charge in [-0.05, 0) is 48.5 Å². The van der Waals surface area contributed by atoms with Gasteiger partial charge in [0, 0.05) is 45.9 Å². The third-order valence-corrected chi connectivity index (χ3v) is 9.48. The molecule has 4 aromatic carbocycles. The van der Waals surface area contributed by atoms with Crippen molar-refractivity contribution in [1.29, 1.82) is 0 Å². The highest BCUT2D eigenvalue weighted by atomic mass is 33.1. The summed E-state index contributed by atoms with van der Waals surface area (Å²) in [5, 5.41) is 22.3. The van der Waals surface area contributed by atoms with Gasteiger partial charge in [0.1, 0.15) is 13.2 Å². The molecule has 2 heterocycles. The van der Waals surface area contributed by atoms with Crippen LogP contribution in [0.5, 0.6) is 0 Å². The Morgan fingerprint density at radius 2 is 0.846 bits per heavy atom. The molecule has 52 heavy (non-hydrogen) atoms. The maximum absolute atomic E-state index is 12.8. The maximum atomic E-state index is 12.8. The molecule has 4 aromatic rings. The summed E-state index contributed by atoms with van der Waals surface area (Å²) in [4.78, 5) is 83.6. The molecule has 6 rings (SSSR count). The van der Waals surface area contributed by atoms with Crippen LogP contribution in [0.25, 0.3) is 0 Å². The van der Waals surface area contributed by atoms with Gasteiger partial charge in [-0.1, -0.05) is 24.3 Å². The topological polar surface area (TPSA) is 204 Å². The van der Waals surface area contributed by atoms with Gasteiger partial charge in [0.25, 0.3) is 45.5 Å². The zero-order valence-corrected chi connectivity index (χ0v) is 28.3. The molecule has 0 bridgehead atoms. The number of nitro groups is 2. The Morgan fingerprint density at radius 1 is 0.538 bits per heavy atom. The smallest absolute Gasteiger partial charge is 0.269 e. The molecule has 0 aliphatic carbocycles. The van der Waals surface area contributed by atoms with E-state index < -0.39 is 33.5 Å². The van der Waals surface area contributed by atoms with E-state index in [1.807, 2.05) is 0 Å². The van der Waals surface area contributed by atoms with Gasteiger partial charge >= 0.3 is 0 Å². The van der Waals surface area contributed by atoms with Gasteiger partial charge in [-0.3, -0.25) is 49.2 Å². The van der Waals surface area contributed by atoms with Crippen molar-refractivity contribution in [1.82, 2.24) is 9.80 Å². The number of amides is 4. The highest BCUT2D eigenvalue weighted by Gasteiger charge is 2.36. The number of imide groups is 2. The number of nitrogens with zero attached hydrogens (tertiary/aromatic N) is 6. The largest absolute Gasteiger partial charge is 0.470 e. The number of hydrogen-bond donors (Lipinski definition) is 0. The first-order valence-corrected chi connectivity index (χ1v) is 17.4. The van der Waals surface area contributed by atoms with Crippen LogP contribution in [-0.4, -0.2) is 80.0 Å². The number of aliphatic imine (C=N–C) groups is 2. The molecule has 2 aliphatic rings. The predicted molar refractivity (Wildman–Crippen MR) is 191 cm³/mol. The van der Waals surface area contributed by atoms with E-state index in [2.05, 4.69) is 9.98 Å². The van der Waals surface area contributed by atoms with Crippen molar-refractivity contribution in [2.75, 3.05) is 26.3 Å². The third-order valence-electron chi connectivity index (χ3n) is 7.58. The summed E-state index contributed by atoms with van der Waals surface area (Å²) in [6.45, 7) is -0.560. The molecular formula is C34H24N6O10S2. The number of rotatable bonds is 10. The summed E-state index contributed by atoms with van der Waals surface area (Å²) < 4.78 is 11.8. The van der Waals surface area contributed by atoms with E-state index in [-0.39, 0.29) is 81.8 Å². The van der Waals surface area contributed by atoms with Crippen molar-refractivity contribution in [3.8, 4) is 0 Å². The van der Waals surface area contributed by atoms with Crippen LogP contribution in [0.15, 0.2) is 107 Å². The zero-order chi connectivity index (χ0) is 36.8. The summed E-state index contributed by atoms with van der Waals surface area (Å²) in [5.41, 5.74) is 1.39. The number of carbonyl (C=O) groups excluding carboxylic acids is 4. The Bertz CT molecular complexity index is 1940. The number of ether oxygens (including phenoxy) is 2. The van der Waals surface area contributed by atoms with Crippen LogP contribution in [0.3, 0.4) is 0 Å². The summed E-state index contributed by atoms with van der Waals surface area (Å²) in [6, 6.07) is 23.5. The summed E-state index contributed by atoms with van der Waals surface area (Å²) in [6.07, 6.45) is 0. The lowest BCUT2D eigenvalue weighted by Gasteiger charge is -2.16. The molecule has 2 aliphatic heterocycles. The van der Waals surface area contributed by atoms with Crippen LogP contribution in [0.1, 0.15) is 41.4 Å². The van der Waals surface area contributed by atoms with E-state index in [0.29, 0.717) is 0 Å². The minimum atomic E-state index is -0.558. The van der Waals surface area contributed by atoms with Crippen LogP contribution in [0.4, 0.5) is 22.7 Å². The number of benzene rings is 4. The summed E-state index contributed by atoms with van der Waals surface area (Å²) in [7, 11) is 1.84. The molecule has 18 heteroatoms. The fourth-order valence-corrected chi connectivity index (χ4v) is 6.69. The molecule has 0 atom stereocenters. The Balaban J connectivity index is 1.19. The molecule has 0 unspecified atom stereocenters. The number of nitro benzene ring substituents is 2. The Kier molecular flexibility index (Phi) is 10.7.